The molecule has 0 spiro atoms. The Kier molecular flexibility index (Phi) is 3.56. The van der Waals surface area contributed by atoms with Crippen molar-refractivity contribution in [2.75, 3.05) is 24.8 Å². The molecule has 0 saturated carbocycles. The Bertz CT molecular complexity index is 755. The van der Waals surface area contributed by atoms with Crippen LogP contribution < -0.4 is 19.7 Å². The van der Waals surface area contributed by atoms with Crippen LogP contribution in [0.2, 0.25) is 0 Å². The van der Waals surface area contributed by atoms with Crippen molar-refractivity contribution in [2.24, 2.45) is 5.92 Å². The maximum atomic E-state index is 12.4. The Morgan fingerprint density at radius 2 is 2.08 bits per heavy atom. The summed E-state index contributed by atoms with van der Waals surface area (Å²) in [7, 11) is 0. The van der Waals surface area contributed by atoms with Crippen molar-refractivity contribution in [3.05, 3.63) is 12.1 Å². The van der Waals surface area contributed by atoms with Gasteiger partial charge in [0.05, 0.1) is 16.1 Å². The molecule has 1 atom stereocenters. The number of rotatable bonds is 2. The van der Waals surface area contributed by atoms with Crippen molar-refractivity contribution >= 4 is 32.6 Å². The van der Waals surface area contributed by atoms with E-state index in [0.29, 0.717) is 6.54 Å². The monoisotopic (exact) mass is 347 g/mol. The van der Waals surface area contributed by atoms with Crippen LogP contribution in [0.25, 0.3) is 10.2 Å². The highest BCUT2D eigenvalue weighted by Crippen LogP contribution is 2.40. The molecule has 1 unspecified atom stereocenters. The van der Waals surface area contributed by atoms with Gasteiger partial charge in [0.2, 0.25) is 12.7 Å². The van der Waals surface area contributed by atoms with Crippen LogP contribution in [0.5, 0.6) is 11.5 Å². The third-order valence-corrected chi connectivity index (χ3v) is 5.28. The van der Waals surface area contributed by atoms with Crippen molar-refractivity contribution in [1.82, 2.24) is 10.3 Å². The number of ether oxygens (including phenoxy) is 2. The number of aromatic nitrogens is 1. The third kappa shape index (κ3) is 2.88. The second-order valence-corrected chi connectivity index (χ2v) is 8.35. The van der Waals surface area contributed by atoms with Gasteiger partial charge < -0.3 is 19.7 Å². The van der Waals surface area contributed by atoms with Crippen molar-refractivity contribution in [3.63, 3.8) is 0 Å². The van der Waals surface area contributed by atoms with E-state index < -0.39 is 0 Å². The average Bonchev–Trinajstić information content (AvgIpc) is 3.20. The fourth-order valence-electron chi connectivity index (χ4n) is 3.06. The van der Waals surface area contributed by atoms with Gasteiger partial charge >= 0.3 is 0 Å². The lowest BCUT2D eigenvalue weighted by atomic mass is 10.0. The highest BCUT2D eigenvalue weighted by Gasteiger charge is 2.31. The minimum absolute atomic E-state index is 0.0212. The molecular weight excluding hydrogens is 326 g/mol. The molecular formula is C17H21N3O3S. The molecule has 1 saturated heterocycles. The molecule has 4 rings (SSSR count). The molecule has 24 heavy (non-hydrogen) atoms. The minimum atomic E-state index is -0.194. The number of thiazole rings is 1. The van der Waals surface area contributed by atoms with E-state index >= 15 is 0 Å². The molecule has 2 aliphatic rings. The van der Waals surface area contributed by atoms with E-state index in [2.05, 4.69) is 10.2 Å². The summed E-state index contributed by atoms with van der Waals surface area (Å²) in [5, 5.41) is 4.03. The molecule has 1 amide bonds. The van der Waals surface area contributed by atoms with Crippen LogP contribution in [-0.2, 0) is 4.79 Å². The smallest absolute Gasteiger partial charge is 0.231 e. The first kappa shape index (κ1) is 15.5. The molecule has 0 bridgehead atoms. The quantitative estimate of drug-likeness (QED) is 0.905. The van der Waals surface area contributed by atoms with Gasteiger partial charge in [0, 0.05) is 30.8 Å². The van der Waals surface area contributed by atoms with E-state index in [0.717, 1.165) is 39.8 Å². The summed E-state index contributed by atoms with van der Waals surface area (Å²) >= 11 is 1.64. The number of carbonyl (C=O) groups excluding carboxylic acids is 1. The number of nitrogens with one attached hydrogen (secondary N) is 1. The summed E-state index contributed by atoms with van der Waals surface area (Å²) in [5.41, 5.74) is 0.725. The maximum Gasteiger partial charge on any atom is 0.231 e. The fraction of sp³-hybridized carbons (Fsp3) is 0.529. The Balaban J connectivity index is 1.51. The van der Waals surface area contributed by atoms with Gasteiger partial charge in [0.15, 0.2) is 16.6 Å². The zero-order chi connectivity index (χ0) is 16.9. The van der Waals surface area contributed by atoms with Gasteiger partial charge in [-0.25, -0.2) is 4.98 Å². The van der Waals surface area contributed by atoms with Crippen molar-refractivity contribution in [2.45, 2.75) is 32.7 Å². The number of benzene rings is 1. The number of nitrogens with zero attached hydrogens (tertiary/aromatic N) is 2. The van der Waals surface area contributed by atoms with E-state index in [1.54, 1.807) is 11.3 Å². The molecule has 0 aliphatic carbocycles. The molecule has 0 radical (unpaired) electrons. The molecule has 2 aliphatic heterocycles. The molecule has 128 valence electrons. The average molecular weight is 347 g/mol. The normalized spacial score (nSPS) is 20.0. The summed E-state index contributed by atoms with van der Waals surface area (Å²) in [4.78, 5) is 19.3. The zero-order valence-corrected chi connectivity index (χ0v) is 14.9. The Hall–Kier alpha value is -2.02. The van der Waals surface area contributed by atoms with Gasteiger partial charge in [-0.1, -0.05) is 11.3 Å². The van der Waals surface area contributed by atoms with E-state index in [-0.39, 0.29) is 24.2 Å². The Labute approximate surface area is 144 Å². The van der Waals surface area contributed by atoms with Gasteiger partial charge in [0.25, 0.3) is 0 Å². The molecule has 7 heteroatoms. The molecule has 3 heterocycles. The highest BCUT2D eigenvalue weighted by atomic mass is 32.1. The Morgan fingerprint density at radius 1 is 1.33 bits per heavy atom. The van der Waals surface area contributed by atoms with Crippen LogP contribution in [0.15, 0.2) is 12.1 Å². The lowest BCUT2D eigenvalue weighted by Crippen LogP contribution is -2.44. The lowest BCUT2D eigenvalue weighted by molar-refractivity contribution is -0.125. The standard InChI is InChI=1S/C17H21N3O3S/c1-17(2,3)19-15(21)10-4-5-20(8-10)16-18-11-6-12-13(23-9-22-12)7-14(11)24-16/h6-7,10H,4-5,8-9H2,1-3H3,(H,19,21). The van der Waals surface area contributed by atoms with Crippen molar-refractivity contribution in [1.29, 1.82) is 0 Å². The molecule has 6 nitrogen and oxygen atoms in total. The van der Waals surface area contributed by atoms with Crippen molar-refractivity contribution < 1.29 is 14.3 Å². The summed E-state index contributed by atoms with van der Waals surface area (Å²) in [6, 6.07) is 3.91. The molecule has 1 N–H and O–H groups in total. The van der Waals surface area contributed by atoms with E-state index in [4.69, 9.17) is 14.5 Å². The van der Waals surface area contributed by atoms with Gasteiger partial charge in [-0.2, -0.15) is 0 Å². The topological polar surface area (TPSA) is 63.7 Å². The summed E-state index contributed by atoms with van der Waals surface area (Å²) < 4.78 is 11.9. The number of anilines is 1. The summed E-state index contributed by atoms with van der Waals surface area (Å²) in [6.07, 6.45) is 0.862. The minimum Gasteiger partial charge on any atom is -0.454 e. The second kappa shape index (κ2) is 5.51. The predicted octanol–water partition coefficient (Wildman–Crippen LogP) is 2.77. The predicted molar refractivity (Wildman–Crippen MR) is 94.0 cm³/mol. The SMILES string of the molecule is CC(C)(C)NC(=O)C1CCN(c2nc3cc4c(cc3s2)OCO4)C1. The first-order valence-corrected chi connectivity index (χ1v) is 8.98. The second-order valence-electron chi connectivity index (χ2n) is 7.34. The summed E-state index contributed by atoms with van der Waals surface area (Å²) in [6.45, 7) is 7.87. The first-order chi connectivity index (χ1) is 11.4. The van der Waals surface area contributed by atoms with Gasteiger partial charge in [-0.3, -0.25) is 4.79 Å². The van der Waals surface area contributed by atoms with Crippen LogP contribution in [0.1, 0.15) is 27.2 Å². The van der Waals surface area contributed by atoms with Crippen LogP contribution in [0, 0.1) is 5.92 Å². The molecule has 1 aromatic carbocycles. The van der Waals surface area contributed by atoms with Crippen LogP contribution in [-0.4, -0.2) is 36.3 Å². The van der Waals surface area contributed by atoms with Crippen LogP contribution >= 0.6 is 11.3 Å². The fourth-order valence-corrected chi connectivity index (χ4v) is 4.07. The van der Waals surface area contributed by atoms with Crippen LogP contribution in [0.3, 0.4) is 0 Å². The number of carbonyl (C=O) groups is 1. The van der Waals surface area contributed by atoms with E-state index in [1.807, 2.05) is 32.9 Å². The number of amides is 1. The lowest BCUT2D eigenvalue weighted by Gasteiger charge is -2.23. The molecule has 2 aromatic rings. The summed E-state index contributed by atoms with van der Waals surface area (Å²) in [5.74, 6) is 1.68. The first-order valence-electron chi connectivity index (χ1n) is 8.16. The van der Waals surface area contributed by atoms with Gasteiger partial charge in [-0.15, -0.1) is 0 Å². The van der Waals surface area contributed by atoms with E-state index in [9.17, 15) is 4.79 Å². The van der Waals surface area contributed by atoms with Crippen molar-refractivity contribution in [3.8, 4) is 11.5 Å². The zero-order valence-electron chi connectivity index (χ0n) is 14.1. The van der Waals surface area contributed by atoms with Crippen LogP contribution in [0.4, 0.5) is 5.13 Å². The molecule has 1 aromatic heterocycles. The number of hydrogen-bond acceptors (Lipinski definition) is 6. The third-order valence-electron chi connectivity index (χ3n) is 4.20. The Morgan fingerprint density at radius 3 is 2.83 bits per heavy atom. The largest absolute Gasteiger partial charge is 0.454 e. The number of fused-ring (bicyclic) bond motifs is 2. The number of hydrogen-bond donors (Lipinski definition) is 1. The highest BCUT2D eigenvalue weighted by molar-refractivity contribution is 7.22. The molecule has 1 fully saturated rings. The van der Waals surface area contributed by atoms with E-state index in [1.165, 1.54) is 0 Å². The van der Waals surface area contributed by atoms with Gasteiger partial charge in [0.1, 0.15) is 0 Å². The van der Waals surface area contributed by atoms with Gasteiger partial charge in [-0.05, 0) is 27.2 Å². The maximum absolute atomic E-state index is 12.4.